The molecule has 0 radical (unpaired) electrons. The molecule has 3 N–H and O–H groups in total. The molecule has 3 nitrogen and oxygen atoms in total. The molecule has 1 aromatic carbocycles. The number of ether oxygens (including phenoxy) is 1. The van der Waals surface area contributed by atoms with Gasteiger partial charge in [0.15, 0.2) is 0 Å². The maximum absolute atomic E-state index is 13.0. The molecule has 4 heteroatoms. The molecule has 2 unspecified atom stereocenters. The number of hydrogen-bond donors (Lipinski definition) is 2. The number of nitrogens with one attached hydrogen (secondary N) is 1. The molecule has 0 amide bonds. The summed E-state index contributed by atoms with van der Waals surface area (Å²) in [7, 11) is 0. The van der Waals surface area contributed by atoms with Crippen LogP contribution in [0.3, 0.4) is 0 Å². The Morgan fingerprint density at radius 1 is 1.59 bits per heavy atom. The van der Waals surface area contributed by atoms with E-state index in [1.807, 2.05) is 13.0 Å². The molecule has 1 heterocycles. The minimum atomic E-state index is -0.194. The third kappa shape index (κ3) is 3.03. The highest BCUT2D eigenvalue weighted by molar-refractivity contribution is 5.27. The second kappa shape index (κ2) is 5.58. The summed E-state index contributed by atoms with van der Waals surface area (Å²) in [5.74, 6) is 5.38. The van der Waals surface area contributed by atoms with Gasteiger partial charge >= 0.3 is 0 Å². The van der Waals surface area contributed by atoms with Gasteiger partial charge in [-0.1, -0.05) is 6.07 Å². The van der Waals surface area contributed by atoms with Crippen LogP contribution in [0.4, 0.5) is 4.39 Å². The highest BCUT2D eigenvalue weighted by Crippen LogP contribution is 2.20. The monoisotopic (exact) mass is 238 g/mol. The van der Waals surface area contributed by atoms with Crippen molar-refractivity contribution in [1.29, 1.82) is 0 Å². The van der Waals surface area contributed by atoms with E-state index < -0.39 is 0 Å². The van der Waals surface area contributed by atoms with Gasteiger partial charge in [0, 0.05) is 6.61 Å². The third-order valence-electron chi connectivity index (χ3n) is 3.37. The number of benzene rings is 1. The first-order valence-electron chi connectivity index (χ1n) is 6.03. The highest BCUT2D eigenvalue weighted by Gasteiger charge is 2.25. The van der Waals surface area contributed by atoms with Gasteiger partial charge in [0.2, 0.25) is 0 Å². The van der Waals surface area contributed by atoms with E-state index in [0.717, 1.165) is 37.0 Å². The van der Waals surface area contributed by atoms with Crippen molar-refractivity contribution >= 4 is 0 Å². The molecule has 94 valence electrons. The first kappa shape index (κ1) is 12.5. The topological polar surface area (TPSA) is 47.3 Å². The zero-order valence-corrected chi connectivity index (χ0v) is 10.1. The molecule has 2 atom stereocenters. The Morgan fingerprint density at radius 3 is 3.00 bits per heavy atom. The quantitative estimate of drug-likeness (QED) is 0.620. The van der Waals surface area contributed by atoms with Gasteiger partial charge < -0.3 is 4.74 Å². The predicted molar refractivity (Wildman–Crippen MR) is 64.9 cm³/mol. The fourth-order valence-electron chi connectivity index (χ4n) is 2.34. The lowest BCUT2D eigenvalue weighted by molar-refractivity contribution is 0.0784. The largest absolute Gasteiger partial charge is 0.377 e. The Hall–Kier alpha value is -0.970. The van der Waals surface area contributed by atoms with Crippen LogP contribution >= 0.6 is 0 Å². The Bertz CT molecular complexity index is 378. The van der Waals surface area contributed by atoms with Crippen LogP contribution in [0.2, 0.25) is 0 Å². The van der Waals surface area contributed by atoms with Crippen molar-refractivity contribution in [2.75, 3.05) is 6.61 Å². The summed E-state index contributed by atoms with van der Waals surface area (Å²) in [6.07, 6.45) is 3.07. The lowest BCUT2D eigenvalue weighted by Crippen LogP contribution is -2.45. The van der Waals surface area contributed by atoms with E-state index in [1.54, 1.807) is 6.07 Å². The maximum Gasteiger partial charge on any atom is 0.123 e. The molecule has 17 heavy (non-hydrogen) atoms. The average Bonchev–Trinajstić information content (AvgIpc) is 2.81. The fourth-order valence-corrected chi connectivity index (χ4v) is 2.34. The molecule has 0 spiro atoms. The van der Waals surface area contributed by atoms with E-state index in [2.05, 4.69) is 5.43 Å². The minimum Gasteiger partial charge on any atom is -0.377 e. The standard InChI is InChI=1S/C13H19FN2O/c1-9-7-11(14)5-4-10(9)8-12(16-15)13-3-2-6-17-13/h4-5,7,12-13,16H,2-3,6,8,15H2,1H3. The van der Waals surface area contributed by atoms with Crippen molar-refractivity contribution in [2.24, 2.45) is 5.84 Å². The normalized spacial score (nSPS) is 21.7. The maximum atomic E-state index is 13.0. The summed E-state index contributed by atoms with van der Waals surface area (Å²) in [6, 6.07) is 4.97. The first-order valence-corrected chi connectivity index (χ1v) is 6.03. The third-order valence-corrected chi connectivity index (χ3v) is 3.37. The molecule has 0 bridgehead atoms. The summed E-state index contributed by atoms with van der Waals surface area (Å²) in [6.45, 7) is 2.73. The van der Waals surface area contributed by atoms with Gasteiger partial charge in [-0.25, -0.2) is 4.39 Å². The molecule has 0 saturated carbocycles. The molecule has 1 fully saturated rings. The predicted octanol–water partition coefficient (Wildman–Crippen LogP) is 1.69. The van der Waals surface area contributed by atoms with Gasteiger partial charge in [-0.15, -0.1) is 0 Å². The molecule has 1 aromatic rings. The molecule has 0 aliphatic carbocycles. The SMILES string of the molecule is Cc1cc(F)ccc1CC(NN)C1CCCO1. The summed E-state index contributed by atoms with van der Waals surface area (Å²) in [4.78, 5) is 0. The van der Waals surface area contributed by atoms with Crippen LogP contribution in [0.15, 0.2) is 18.2 Å². The van der Waals surface area contributed by atoms with Gasteiger partial charge in [0.25, 0.3) is 0 Å². The van der Waals surface area contributed by atoms with E-state index in [1.165, 1.54) is 6.07 Å². The minimum absolute atomic E-state index is 0.0988. The fraction of sp³-hybridized carbons (Fsp3) is 0.538. The van der Waals surface area contributed by atoms with Gasteiger partial charge in [0.1, 0.15) is 5.82 Å². The van der Waals surface area contributed by atoms with Crippen molar-refractivity contribution in [1.82, 2.24) is 5.43 Å². The van der Waals surface area contributed by atoms with E-state index in [0.29, 0.717) is 0 Å². The second-order valence-electron chi connectivity index (χ2n) is 4.60. The number of rotatable bonds is 4. The van der Waals surface area contributed by atoms with Crippen LogP contribution in [0.1, 0.15) is 24.0 Å². The van der Waals surface area contributed by atoms with Crippen molar-refractivity contribution in [3.05, 3.63) is 35.1 Å². The second-order valence-corrected chi connectivity index (χ2v) is 4.60. The van der Waals surface area contributed by atoms with Crippen molar-refractivity contribution in [2.45, 2.75) is 38.3 Å². The van der Waals surface area contributed by atoms with E-state index in [-0.39, 0.29) is 18.0 Å². The molecule has 1 aliphatic rings. The summed E-state index contributed by atoms with van der Waals surface area (Å²) in [5.41, 5.74) is 4.89. The highest BCUT2D eigenvalue weighted by atomic mass is 19.1. The Kier molecular flexibility index (Phi) is 4.10. The molecular formula is C13H19FN2O. The summed E-state index contributed by atoms with van der Waals surface area (Å²) in [5, 5.41) is 0. The lowest BCUT2D eigenvalue weighted by Gasteiger charge is -2.22. The Morgan fingerprint density at radius 2 is 2.41 bits per heavy atom. The zero-order valence-electron chi connectivity index (χ0n) is 10.1. The van der Waals surface area contributed by atoms with Crippen LogP contribution in [0.25, 0.3) is 0 Å². The Labute approximate surface area is 101 Å². The molecular weight excluding hydrogens is 219 g/mol. The number of nitrogens with two attached hydrogens (primary N) is 1. The van der Waals surface area contributed by atoms with E-state index >= 15 is 0 Å². The van der Waals surface area contributed by atoms with Crippen molar-refractivity contribution in [3.63, 3.8) is 0 Å². The van der Waals surface area contributed by atoms with Crippen LogP contribution in [-0.2, 0) is 11.2 Å². The van der Waals surface area contributed by atoms with Gasteiger partial charge in [0.05, 0.1) is 12.1 Å². The number of hydrogen-bond acceptors (Lipinski definition) is 3. The van der Waals surface area contributed by atoms with Crippen LogP contribution in [-0.4, -0.2) is 18.8 Å². The smallest absolute Gasteiger partial charge is 0.123 e. The van der Waals surface area contributed by atoms with Gasteiger partial charge in [-0.05, 0) is 49.4 Å². The first-order chi connectivity index (χ1) is 8.20. The number of aryl methyl sites for hydroxylation is 1. The van der Waals surface area contributed by atoms with E-state index in [9.17, 15) is 4.39 Å². The van der Waals surface area contributed by atoms with E-state index in [4.69, 9.17) is 10.6 Å². The van der Waals surface area contributed by atoms with Crippen molar-refractivity contribution < 1.29 is 9.13 Å². The van der Waals surface area contributed by atoms with Crippen LogP contribution < -0.4 is 11.3 Å². The molecule has 2 rings (SSSR count). The molecule has 1 saturated heterocycles. The van der Waals surface area contributed by atoms with Gasteiger partial charge in [-0.3, -0.25) is 11.3 Å². The Balaban J connectivity index is 2.06. The number of hydrazine groups is 1. The molecule has 1 aliphatic heterocycles. The van der Waals surface area contributed by atoms with Gasteiger partial charge in [-0.2, -0.15) is 0 Å². The van der Waals surface area contributed by atoms with Crippen molar-refractivity contribution in [3.8, 4) is 0 Å². The van der Waals surface area contributed by atoms with Crippen LogP contribution in [0, 0.1) is 12.7 Å². The average molecular weight is 238 g/mol. The number of halogens is 1. The lowest BCUT2D eigenvalue weighted by atomic mass is 9.97. The summed E-state index contributed by atoms with van der Waals surface area (Å²) >= 11 is 0. The van der Waals surface area contributed by atoms with Crippen LogP contribution in [0.5, 0.6) is 0 Å². The molecule has 0 aromatic heterocycles. The summed E-state index contributed by atoms with van der Waals surface area (Å²) < 4.78 is 18.6. The zero-order chi connectivity index (χ0) is 12.3.